The number of rotatable bonds is 6. The number of nitrogens with zero attached hydrogens (tertiary/aromatic N) is 1. The van der Waals surface area contributed by atoms with Gasteiger partial charge in [-0.3, -0.25) is 9.59 Å². The lowest BCUT2D eigenvalue weighted by Gasteiger charge is -2.17. The molecule has 1 aliphatic heterocycles. The Hall–Kier alpha value is -3.42. The van der Waals surface area contributed by atoms with Gasteiger partial charge in [0.05, 0.1) is 5.57 Å². The van der Waals surface area contributed by atoms with Crippen molar-refractivity contribution in [1.29, 1.82) is 5.41 Å². The van der Waals surface area contributed by atoms with Gasteiger partial charge in [-0.25, -0.2) is 4.39 Å². The van der Waals surface area contributed by atoms with Crippen LogP contribution in [0.1, 0.15) is 52.5 Å². The van der Waals surface area contributed by atoms with Crippen LogP contribution in [-0.4, -0.2) is 42.6 Å². The third-order valence-corrected chi connectivity index (χ3v) is 6.24. The van der Waals surface area contributed by atoms with Gasteiger partial charge >= 0.3 is 0 Å². The second-order valence-corrected chi connectivity index (χ2v) is 8.68. The summed E-state index contributed by atoms with van der Waals surface area (Å²) in [6.07, 6.45) is 5.24. The van der Waals surface area contributed by atoms with E-state index in [1.165, 1.54) is 18.4 Å². The van der Waals surface area contributed by atoms with Crippen LogP contribution in [0.4, 0.5) is 13.2 Å². The SMILES string of the molecule is CC1(C=N)C=C1c1cc(C(=O)NCC2=CCC(=C(F)F)C(F)=C2)cc(C(=O)N2CCCC2)c1. The van der Waals surface area contributed by atoms with Crippen LogP contribution in [0.3, 0.4) is 0 Å². The van der Waals surface area contributed by atoms with Gasteiger partial charge in [-0.2, -0.15) is 8.78 Å². The van der Waals surface area contributed by atoms with Gasteiger partial charge in [-0.05, 0) is 67.2 Å². The van der Waals surface area contributed by atoms with E-state index in [4.69, 9.17) is 5.41 Å². The number of carbonyl (C=O) groups excluding carboxylic acids is 2. The Bertz CT molecular complexity index is 1160. The molecule has 8 heteroatoms. The molecule has 0 bridgehead atoms. The highest BCUT2D eigenvalue weighted by atomic mass is 19.3. The van der Waals surface area contributed by atoms with E-state index in [1.807, 2.05) is 13.0 Å². The first-order valence-corrected chi connectivity index (χ1v) is 10.8. The highest BCUT2D eigenvalue weighted by molar-refractivity contribution is 6.05. The van der Waals surface area contributed by atoms with Gasteiger partial charge in [-0.15, -0.1) is 0 Å². The van der Waals surface area contributed by atoms with Gasteiger partial charge in [0, 0.05) is 42.4 Å². The summed E-state index contributed by atoms with van der Waals surface area (Å²) in [5, 5.41) is 10.3. The molecule has 172 valence electrons. The van der Waals surface area contributed by atoms with Gasteiger partial charge in [0.1, 0.15) is 5.83 Å². The maximum atomic E-state index is 13.8. The zero-order valence-corrected chi connectivity index (χ0v) is 18.2. The summed E-state index contributed by atoms with van der Waals surface area (Å²) in [7, 11) is 0. The normalized spacial score (nSPS) is 21.8. The van der Waals surface area contributed by atoms with Crippen molar-refractivity contribution in [2.24, 2.45) is 5.41 Å². The van der Waals surface area contributed by atoms with Crippen LogP contribution < -0.4 is 5.32 Å². The van der Waals surface area contributed by atoms with Crippen molar-refractivity contribution < 1.29 is 22.8 Å². The first-order chi connectivity index (χ1) is 15.7. The maximum absolute atomic E-state index is 13.8. The van der Waals surface area contributed by atoms with Crippen LogP contribution >= 0.6 is 0 Å². The van der Waals surface area contributed by atoms with E-state index in [1.54, 1.807) is 17.0 Å². The molecule has 1 saturated heterocycles. The highest BCUT2D eigenvalue weighted by Gasteiger charge is 2.38. The average Bonchev–Trinajstić information content (AvgIpc) is 3.20. The summed E-state index contributed by atoms with van der Waals surface area (Å²) >= 11 is 0. The topological polar surface area (TPSA) is 73.3 Å². The largest absolute Gasteiger partial charge is 0.348 e. The van der Waals surface area contributed by atoms with Crippen molar-refractivity contribution in [2.75, 3.05) is 19.6 Å². The minimum atomic E-state index is -2.05. The lowest BCUT2D eigenvalue weighted by atomic mass is 9.96. The smallest absolute Gasteiger partial charge is 0.276 e. The molecule has 2 amide bonds. The third-order valence-electron chi connectivity index (χ3n) is 6.24. The number of amides is 2. The molecule has 1 unspecified atom stereocenters. The number of hydrogen-bond donors (Lipinski definition) is 2. The molecule has 1 fully saturated rings. The third kappa shape index (κ3) is 4.69. The Morgan fingerprint density at radius 2 is 1.88 bits per heavy atom. The Morgan fingerprint density at radius 1 is 1.18 bits per heavy atom. The fourth-order valence-corrected chi connectivity index (χ4v) is 4.13. The van der Waals surface area contributed by atoms with Crippen LogP contribution in [0.2, 0.25) is 0 Å². The monoisotopic (exact) mass is 455 g/mol. The average molecular weight is 455 g/mol. The van der Waals surface area contributed by atoms with Crippen molar-refractivity contribution in [3.63, 3.8) is 0 Å². The van der Waals surface area contributed by atoms with Crippen molar-refractivity contribution in [2.45, 2.75) is 26.2 Å². The molecule has 33 heavy (non-hydrogen) atoms. The van der Waals surface area contributed by atoms with E-state index < -0.39 is 28.8 Å². The Labute approximate surface area is 189 Å². The molecule has 2 aliphatic carbocycles. The lowest BCUT2D eigenvalue weighted by Crippen LogP contribution is -2.29. The number of allylic oxidation sites excluding steroid dienone is 5. The minimum Gasteiger partial charge on any atom is -0.348 e. The highest BCUT2D eigenvalue weighted by Crippen LogP contribution is 2.49. The molecule has 1 heterocycles. The number of benzene rings is 1. The summed E-state index contributed by atoms with van der Waals surface area (Å²) in [5.41, 5.74) is 1.49. The molecule has 0 spiro atoms. The molecule has 3 aliphatic rings. The fraction of sp³-hybridized carbons (Fsp3) is 0.320. The predicted molar refractivity (Wildman–Crippen MR) is 120 cm³/mol. The van der Waals surface area contributed by atoms with E-state index in [9.17, 15) is 22.8 Å². The summed E-state index contributed by atoms with van der Waals surface area (Å²) in [5.74, 6) is -1.61. The molecular formula is C25H24F3N3O2. The molecule has 0 aromatic heterocycles. The molecule has 1 aromatic carbocycles. The fourth-order valence-electron chi connectivity index (χ4n) is 4.13. The lowest BCUT2D eigenvalue weighted by molar-refractivity contribution is 0.0792. The number of likely N-dealkylation sites (tertiary alicyclic amines) is 1. The van der Waals surface area contributed by atoms with E-state index in [2.05, 4.69) is 5.32 Å². The number of halogens is 3. The summed E-state index contributed by atoms with van der Waals surface area (Å²) in [6, 6.07) is 4.95. The van der Waals surface area contributed by atoms with E-state index in [0.29, 0.717) is 29.8 Å². The van der Waals surface area contributed by atoms with Gasteiger partial charge in [-0.1, -0.05) is 12.2 Å². The molecule has 0 radical (unpaired) electrons. The van der Waals surface area contributed by atoms with Gasteiger partial charge < -0.3 is 15.6 Å². The summed E-state index contributed by atoms with van der Waals surface area (Å²) < 4.78 is 39.2. The molecule has 0 saturated carbocycles. The number of hydrogen-bond acceptors (Lipinski definition) is 3. The van der Waals surface area contributed by atoms with E-state index in [-0.39, 0.29) is 24.4 Å². The maximum Gasteiger partial charge on any atom is 0.276 e. The van der Waals surface area contributed by atoms with E-state index in [0.717, 1.165) is 24.5 Å². The molecule has 1 aromatic rings. The van der Waals surface area contributed by atoms with Gasteiger partial charge in [0.2, 0.25) is 0 Å². The van der Waals surface area contributed by atoms with Gasteiger partial charge in [0.25, 0.3) is 17.9 Å². The van der Waals surface area contributed by atoms with Crippen molar-refractivity contribution >= 4 is 23.6 Å². The summed E-state index contributed by atoms with van der Waals surface area (Å²) in [4.78, 5) is 27.6. The quantitative estimate of drug-likeness (QED) is 0.590. The van der Waals surface area contributed by atoms with Crippen LogP contribution in [0, 0.1) is 10.8 Å². The van der Waals surface area contributed by atoms with E-state index >= 15 is 0 Å². The second-order valence-electron chi connectivity index (χ2n) is 8.68. The predicted octanol–water partition coefficient (Wildman–Crippen LogP) is 5.04. The standard InChI is InChI=1S/C25H24F3N3O2/c1-25(14-29)12-20(25)16-9-17(11-18(10-16)24(33)31-6-2-3-7-31)23(32)30-13-15-4-5-19(22(27)28)21(26)8-15/h4,8-12,14,29H,2-3,5-7,13H2,1H3,(H,30,32). The zero-order valence-electron chi connectivity index (χ0n) is 18.2. The minimum absolute atomic E-state index is 0.0338. The molecule has 1 atom stereocenters. The zero-order chi connectivity index (χ0) is 23.8. The van der Waals surface area contributed by atoms with Crippen LogP contribution in [-0.2, 0) is 0 Å². The Kier molecular flexibility index (Phi) is 6.10. The van der Waals surface area contributed by atoms with Crippen molar-refractivity contribution in [1.82, 2.24) is 10.2 Å². The summed E-state index contributed by atoms with van der Waals surface area (Å²) in [6.45, 7) is 3.19. The molecule has 2 N–H and O–H groups in total. The first kappa shape index (κ1) is 22.8. The van der Waals surface area contributed by atoms with Crippen molar-refractivity contribution in [3.05, 3.63) is 76.2 Å². The Morgan fingerprint density at radius 3 is 2.48 bits per heavy atom. The van der Waals surface area contributed by atoms with Crippen LogP contribution in [0.5, 0.6) is 0 Å². The number of carbonyl (C=O) groups is 2. The molecule has 5 nitrogen and oxygen atoms in total. The van der Waals surface area contributed by atoms with Crippen LogP contribution in [0.25, 0.3) is 5.57 Å². The first-order valence-electron chi connectivity index (χ1n) is 10.8. The Balaban J connectivity index is 1.55. The number of nitrogens with one attached hydrogen (secondary N) is 2. The van der Waals surface area contributed by atoms with Crippen molar-refractivity contribution in [3.8, 4) is 0 Å². The van der Waals surface area contributed by atoms with Crippen LogP contribution in [0.15, 0.2) is 59.5 Å². The van der Waals surface area contributed by atoms with Gasteiger partial charge in [0.15, 0.2) is 0 Å². The molecule has 4 rings (SSSR count). The second kappa shape index (κ2) is 8.84. The molecular weight excluding hydrogens is 431 g/mol.